The number of hydrogen-bond acceptors (Lipinski definition) is 7. The number of benzene rings is 1. The molecule has 7 nitrogen and oxygen atoms in total. The molecule has 154 valence electrons. The van der Waals surface area contributed by atoms with Gasteiger partial charge in [-0.05, 0) is 44.9 Å². The van der Waals surface area contributed by atoms with E-state index in [1.807, 2.05) is 46.0 Å². The van der Waals surface area contributed by atoms with E-state index in [9.17, 15) is 5.26 Å². The smallest absolute Gasteiger partial charge is 0.375 e. The van der Waals surface area contributed by atoms with Crippen LogP contribution in [0.3, 0.4) is 0 Å². The molecule has 0 aromatic heterocycles. The van der Waals surface area contributed by atoms with Crippen molar-refractivity contribution in [2.24, 2.45) is 0 Å². The van der Waals surface area contributed by atoms with E-state index in [0.29, 0.717) is 25.4 Å². The molecule has 1 aromatic rings. The number of nitrogens with zero attached hydrogens (tertiary/aromatic N) is 4. The molecule has 1 aromatic carbocycles. The van der Waals surface area contributed by atoms with Gasteiger partial charge in [0.2, 0.25) is 0 Å². The molecule has 0 aliphatic heterocycles. The molecule has 0 heterocycles. The molecule has 29 heavy (non-hydrogen) atoms. The maximum atomic E-state index is 9.26. The molecule has 1 rings (SSSR count). The molecular formula is C21H28N4O3Si. The second-order valence-electron chi connectivity index (χ2n) is 6.14. The number of nitriles is 3. The van der Waals surface area contributed by atoms with E-state index in [1.165, 1.54) is 0 Å². The minimum Gasteiger partial charge on any atom is -0.375 e. The van der Waals surface area contributed by atoms with Crippen LogP contribution < -0.4 is 4.90 Å². The molecule has 0 aliphatic rings. The van der Waals surface area contributed by atoms with Crippen LogP contribution in [-0.4, -0.2) is 42.2 Å². The average molecular weight is 413 g/mol. The Hall–Kier alpha value is -2.67. The van der Waals surface area contributed by atoms with Gasteiger partial charge in [-0.2, -0.15) is 15.8 Å². The standard InChI is InChI=1S/C21H28N4O3Si/c1-5-26-29(27-6-2,28-7-3)14-8-13-25(4)20-11-9-18(10-12-20)21(17-24)19(15-22)16-23/h9-12H,5-8,13-14H2,1-4H3. The van der Waals surface area contributed by atoms with Gasteiger partial charge in [0.1, 0.15) is 23.8 Å². The van der Waals surface area contributed by atoms with Gasteiger partial charge in [0.25, 0.3) is 0 Å². The molecule has 0 atom stereocenters. The highest BCUT2D eigenvalue weighted by atomic mass is 28.4. The van der Waals surface area contributed by atoms with Gasteiger partial charge in [0.05, 0.1) is 5.57 Å². The number of allylic oxidation sites excluding steroid dienone is 2. The summed E-state index contributed by atoms with van der Waals surface area (Å²) in [7, 11) is -0.660. The minimum absolute atomic E-state index is 0.0881. The van der Waals surface area contributed by atoms with Crippen molar-refractivity contribution in [3.05, 3.63) is 35.4 Å². The predicted molar refractivity (Wildman–Crippen MR) is 114 cm³/mol. The van der Waals surface area contributed by atoms with Crippen LogP contribution in [0.2, 0.25) is 6.04 Å². The van der Waals surface area contributed by atoms with Gasteiger partial charge >= 0.3 is 8.80 Å². The molecule has 0 saturated heterocycles. The van der Waals surface area contributed by atoms with E-state index < -0.39 is 8.80 Å². The van der Waals surface area contributed by atoms with E-state index in [0.717, 1.165) is 24.7 Å². The van der Waals surface area contributed by atoms with Crippen molar-refractivity contribution in [3.8, 4) is 18.2 Å². The number of rotatable bonds is 12. The molecule has 0 bridgehead atoms. The van der Waals surface area contributed by atoms with Gasteiger partial charge in [0, 0.05) is 45.1 Å². The molecule has 0 N–H and O–H groups in total. The third-order valence-corrected chi connectivity index (χ3v) is 7.40. The first-order valence-corrected chi connectivity index (χ1v) is 11.6. The van der Waals surface area contributed by atoms with E-state index in [2.05, 4.69) is 4.90 Å². The summed E-state index contributed by atoms with van der Waals surface area (Å²) in [6.07, 6.45) is 0.848. The summed E-state index contributed by atoms with van der Waals surface area (Å²) in [5, 5.41) is 27.2. The highest BCUT2D eigenvalue weighted by Gasteiger charge is 2.39. The summed E-state index contributed by atoms with van der Waals surface area (Å²) in [5.41, 5.74) is 1.43. The summed E-state index contributed by atoms with van der Waals surface area (Å²) in [5.74, 6) is 0. The second-order valence-corrected chi connectivity index (χ2v) is 8.87. The largest absolute Gasteiger partial charge is 0.500 e. The van der Waals surface area contributed by atoms with Crippen LogP contribution in [0.5, 0.6) is 0 Å². The van der Waals surface area contributed by atoms with Crippen LogP contribution in [0.1, 0.15) is 32.8 Å². The fourth-order valence-electron chi connectivity index (χ4n) is 2.95. The van der Waals surface area contributed by atoms with Gasteiger partial charge in [-0.25, -0.2) is 0 Å². The molecular weight excluding hydrogens is 384 g/mol. The number of hydrogen-bond donors (Lipinski definition) is 0. The van der Waals surface area contributed by atoms with Crippen LogP contribution in [0, 0.1) is 34.0 Å². The lowest BCUT2D eigenvalue weighted by molar-refractivity contribution is 0.0710. The zero-order valence-electron chi connectivity index (χ0n) is 17.6. The fourth-order valence-corrected chi connectivity index (χ4v) is 5.54. The van der Waals surface area contributed by atoms with E-state index in [-0.39, 0.29) is 11.1 Å². The molecule has 0 unspecified atom stereocenters. The summed E-state index contributed by atoms with van der Waals surface area (Å²) in [6, 6.07) is 13.4. The predicted octanol–water partition coefficient (Wildman–Crippen LogP) is 3.89. The summed E-state index contributed by atoms with van der Waals surface area (Å²) in [4.78, 5) is 2.10. The number of anilines is 1. The average Bonchev–Trinajstić information content (AvgIpc) is 2.72. The molecule has 8 heteroatoms. The molecule has 0 radical (unpaired) electrons. The summed E-state index contributed by atoms with van der Waals surface area (Å²) < 4.78 is 17.7. The fraction of sp³-hybridized carbons (Fsp3) is 0.476. The van der Waals surface area contributed by atoms with Crippen LogP contribution in [0.4, 0.5) is 5.69 Å². The topological polar surface area (TPSA) is 102 Å². The van der Waals surface area contributed by atoms with E-state index >= 15 is 0 Å². The third kappa shape index (κ3) is 7.01. The Labute approximate surface area is 174 Å². The van der Waals surface area contributed by atoms with Crippen molar-refractivity contribution in [3.63, 3.8) is 0 Å². The highest BCUT2D eigenvalue weighted by molar-refractivity contribution is 6.60. The highest BCUT2D eigenvalue weighted by Crippen LogP contribution is 2.23. The Bertz CT molecular complexity index is 770. The summed E-state index contributed by atoms with van der Waals surface area (Å²) >= 11 is 0. The normalized spacial score (nSPS) is 10.5. The first-order valence-electron chi connectivity index (χ1n) is 9.68. The van der Waals surface area contributed by atoms with Crippen LogP contribution in [-0.2, 0) is 13.3 Å². The molecule has 0 spiro atoms. The lowest BCUT2D eigenvalue weighted by Gasteiger charge is -2.29. The quantitative estimate of drug-likeness (QED) is 0.379. The van der Waals surface area contributed by atoms with Crippen molar-refractivity contribution < 1.29 is 13.3 Å². The lowest BCUT2D eigenvalue weighted by atomic mass is 10.0. The van der Waals surface area contributed by atoms with Gasteiger partial charge in [0.15, 0.2) is 0 Å². The van der Waals surface area contributed by atoms with Crippen molar-refractivity contribution in [1.29, 1.82) is 15.8 Å². The molecule has 0 aliphatic carbocycles. The van der Waals surface area contributed by atoms with Gasteiger partial charge in [-0.15, -0.1) is 0 Å². The Balaban J connectivity index is 2.82. The van der Waals surface area contributed by atoms with Gasteiger partial charge < -0.3 is 18.2 Å². The molecule has 0 fully saturated rings. The monoisotopic (exact) mass is 412 g/mol. The minimum atomic E-state index is -2.64. The van der Waals surface area contributed by atoms with E-state index in [4.69, 9.17) is 23.8 Å². The maximum Gasteiger partial charge on any atom is 0.500 e. The zero-order valence-corrected chi connectivity index (χ0v) is 18.6. The Kier molecular flexibility index (Phi) is 10.7. The first-order chi connectivity index (χ1) is 14.0. The van der Waals surface area contributed by atoms with E-state index in [1.54, 1.807) is 24.3 Å². The lowest BCUT2D eigenvalue weighted by Crippen LogP contribution is -2.46. The van der Waals surface area contributed by atoms with Crippen LogP contribution in [0.15, 0.2) is 29.8 Å². The van der Waals surface area contributed by atoms with Crippen LogP contribution in [0.25, 0.3) is 5.57 Å². The van der Waals surface area contributed by atoms with Gasteiger partial charge in [-0.3, -0.25) is 0 Å². The van der Waals surface area contributed by atoms with Crippen molar-refractivity contribution in [2.75, 3.05) is 38.3 Å². The van der Waals surface area contributed by atoms with Gasteiger partial charge in [-0.1, -0.05) is 12.1 Å². The first kappa shape index (κ1) is 24.4. The van der Waals surface area contributed by atoms with Crippen molar-refractivity contribution in [1.82, 2.24) is 0 Å². The van der Waals surface area contributed by atoms with Crippen molar-refractivity contribution in [2.45, 2.75) is 33.2 Å². The molecule has 0 amide bonds. The Morgan fingerprint density at radius 3 is 1.83 bits per heavy atom. The Morgan fingerprint density at radius 1 is 0.897 bits per heavy atom. The Morgan fingerprint density at radius 2 is 1.41 bits per heavy atom. The SMILES string of the molecule is CCO[Si](CCCN(C)c1ccc(C(C#N)=C(C#N)C#N)cc1)(OCC)OCC. The summed E-state index contributed by atoms with van der Waals surface area (Å²) in [6.45, 7) is 8.30. The van der Waals surface area contributed by atoms with Crippen LogP contribution >= 0.6 is 0 Å². The zero-order chi connectivity index (χ0) is 21.7. The molecule has 0 saturated carbocycles. The second kappa shape index (κ2) is 12.7. The third-order valence-electron chi connectivity index (χ3n) is 4.25. The van der Waals surface area contributed by atoms with Crippen molar-refractivity contribution >= 4 is 20.1 Å². The maximum absolute atomic E-state index is 9.26.